The van der Waals surface area contributed by atoms with Gasteiger partial charge in [0.15, 0.2) is 5.78 Å². The molecule has 0 radical (unpaired) electrons. The zero-order valence-electron chi connectivity index (χ0n) is 14.8. The van der Waals surface area contributed by atoms with Gasteiger partial charge in [-0.3, -0.25) is 9.69 Å². The number of aliphatic carboxylic acids is 1. The second-order valence-electron chi connectivity index (χ2n) is 7.01. The number of amides is 1. The predicted octanol–water partition coefficient (Wildman–Crippen LogP) is 2.73. The Morgan fingerprint density at radius 3 is 2.40 bits per heavy atom. The van der Waals surface area contributed by atoms with Crippen LogP contribution in [-0.4, -0.2) is 52.1 Å². The lowest BCUT2D eigenvalue weighted by Gasteiger charge is -2.26. The van der Waals surface area contributed by atoms with Crippen molar-refractivity contribution in [3.63, 3.8) is 0 Å². The monoisotopic (exact) mass is 349 g/mol. The fraction of sp³-hybridized carbons (Fsp3) is 0.500. The summed E-state index contributed by atoms with van der Waals surface area (Å²) in [7, 11) is 0. The number of carboxylic acid groups (broad SMARTS) is 1. The summed E-state index contributed by atoms with van der Waals surface area (Å²) in [4.78, 5) is 36.6. The van der Waals surface area contributed by atoms with Crippen molar-refractivity contribution >= 4 is 17.8 Å². The van der Waals surface area contributed by atoms with E-state index in [0.29, 0.717) is 11.3 Å². The second kappa shape index (κ2) is 7.13. The van der Waals surface area contributed by atoms with Gasteiger partial charge in [-0.15, -0.1) is 0 Å². The number of rotatable bonds is 4. The van der Waals surface area contributed by atoms with Crippen LogP contribution in [0.25, 0.3) is 0 Å². The molecular weight excluding hydrogens is 326 g/mol. The number of nitrogens with zero attached hydrogens (tertiary/aromatic N) is 1. The fourth-order valence-corrected chi connectivity index (χ4v) is 2.68. The van der Waals surface area contributed by atoms with E-state index >= 15 is 0 Å². The second-order valence-corrected chi connectivity index (χ2v) is 7.01. The molecule has 0 spiro atoms. The molecule has 0 bridgehead atoms. The molecule has 1 aliphatic rings. The zero-order valence-corrected chi connectivity index (χ0v) is 14.8. The highest BCUT2D eigenvalue weighted by atomic mass is 16.6. The molecule has 0 aromatic heterocycles. The molecule has 7 nitrogen and oxygen atoms in total. The highest BCUT2D eigenvalue weighted by Crippen LogP contribution is 2.27. The number of likely N-dealkylation sites (tertiary alicyclic amines) is 1. The van der Waals surface area contributed by atoms with Crippen molar-refractivity contribution in [2.24, 2.45) is 0 Å². The van der Waals surface area contributed by atoms with Gasteiger partial charge in [-0.25, -0.2) is 9.59 Å². The summed E-state index contributed by atoms with van der Waals surface area (Å²) in [5, 5.41) is 9.40. The Labute approximate surface area is 146 Å². The fourth-order valence-electron chi connectivity index (χ4n) is 2.68. The number of ether oxygens (including phenoxy) is 2. The van der Waals surface area contributed by atoms with Gasteiger partial charge in [0.2, 0.25) is 0 Å². The third-order valence-electron chi connectivity index (χ3n) is 3.74. The summed E-state index contributed by atoms with van der Waals surface area (Å²) in [6.07, 6.45) is -1.10. The minimum atomic E-state index is -1.11. The Morgan fingerprint density at radius 2 is 1.84 bits per heavy atom. The van der Waals surface area contributed by atoms with Crippen molar-refractivity contribution in [1.82, 2.24) is 4.90 Å². The largest absolute Gasteiger partial charge is 0.488 e. The van der Waals surface area contributed by atoms with Crippen LogP contribution in [0.5, 0.6) is 5.75 Å². The first-order valence-electron chi connectivity index (χ1n) is 8.07. The Morgan fingerprint density at radius 1 is 1.20 bits per heavy atom. The molecule has 1 aromatic carbocycles. The minimum absolute atomic E-state index is 0.0815. The van der Waals surface area contributed by atoms with Crippen LogP contribution in [0.2, 0.25) is 0 Å². The molecule has 0 saturated carbocycles. The molecule has 2 rings (SSSR count). The van der Waals surface area contributed by atoms with E-state index in [1.165, 1.54) is 6.92 Å². The van der Waals surface area contributed by atoms with Crippen LogP contribution in [0.4, 0.5) is 4.79 Å². The number of Topliss-reactive ketones (excluding diaryl/α,β-unsaturated/α-hetero) is 1. The number of carbonyl (C=O) groups excluding carboxylic acids is 2. The van der Waals surface area contributed by atoms with Gasteiger partial charge in [-0.1, -0.05) is 12.1 Å². The molecule has 1 aromatic rings. The summed E-state index contributed by atoms with van der Waals surface area (Å²) in [5.41, 5.74) is -0.301. The maximum absolute atomic E-state index is 12.3. The number of ketones is 1. The first kappa shape index (κ1) is 18.8. The van der Waals surface area contributed by atoms with Gasteiger partial charge in [0.05, 0.1) is 12.1 Å². The lowest BCUT2D eigenvalue weighted by molar-refractivity contribution is -0.142. The minimum Gasteiger partial charge on any atom is -0.488 e. The van der Waals surface area contributed by atoms with E-state index in [-0.39, 0.29) is 18.7 Å². The molecule has 0 unspecified atom stereocenters. The van der Waals surface area contributed by atoms with E-state index < -0.39 is 29.8 Å². The van der Waals surface area contributed by atoms with Crippen LogP contribution in [0.1, 0.15) is 44.5 Å². The molecule has 7 heteroatoms. The molecule has 1 amide bonds. The quantitative estimate of drug-likeness (QED) is 0.840. The van der Waals surface area contributed by atoms with Crippen molar-refractivity contribution in [2.45, 2.75) is 51.9 Å². The molecular formula is C18H23NO6. The van der Waals surface area contributed by atoms with Crippen LogP contribution in [-0.2, 0) is 9.53 Å². The molecule has 2 atom stereocenters. The normalized spacial score (nSPS) is 20.2. The van der Waals surface area contributed by atoms with Crippen LogP contribution in [0, 0.1) is 0 Å². The van der Waals surface area contributed by atoms with Gasteiger partial charge in [0.1, 0.15) is 23.5 Å². The Balaban J connectivity index is 2.16. The molecule has 1 fully saturated rings. The van der Waals surface area contributed by atoms with Crippen LogP contribution in [0.3, 0.4) is 0 Å². The van der Waals surface area contributed by atoms with Crippen molar-refractivity contribution in [1.29, 1.82) is 0 Å². The predicted molar refractivity (Wildman–Crippen MR) is 89.8 cm³/mol. The third-order valence-corrected chi connectivity index (χ3v) is 3.74. The summed E-state index contributed by atoms with van der Waals surface area (Å²) in [6, 6.07) is 5.74. The van der Waals surface area contributed by atoms with Crippen molar-refractivity contribution in [2.75, 3.05) is 6.54 Å². The molecule has 1 heterocycles. The third kappa shape index (κ3) is 4.71. The van der Waals surface area contributed by atoms with E-state index in [0.717, 1.165) is 4.90 Å². The number of carbonyl (C=O) groups is 3. The lowest BCUT2D eigenvalue weighted by Crippen LogP contribution is -2.43. The average Bonchev–Trinajstić information content (AvgIpc) is 2.90. The maximum atomic E-state index is 12.3. The van der Waals surface area contributed by atoms with Gasteiger partial charge >= 0.3 is 12.1 Å². The van der Waals surface area contributed by atoms with Gasteiger partial charge < -0.3 is 14.6 Å². The van der Waals surface area contributed by atoms with Crippen molar-refractivity contribution in [3.05, 3.63) is 29.8 Å². The molecule has 1 aliphatic heterocycles. The zero-order chi connectivity index (χ0) is 18.8. The molecule has 136 valence electrons. The van der Waals surface area contributed by atoms with Gasteiger partial charge in [-0.05, 0) is 39.8 Å². The van der Waals surface area contributed by atoms with Crippen LogP contribution in [0.15, 0.2) is 24.3 Å². The van der Waals surface area contributed by atoms with E-state index in [2.05, 4.69) is 0 Å². The lowest BCUT2D eigenvalue weighted by atomic mass is 10.1. The summed E-state index contributed by atoms with van der Waals surface area (Å²) < 4.78 is 11.1. The maximum Gasteiger partial charge on any atom is 0.411 e. The molecule has 1 saturated heterocycles. The van der Waals surface area contributed by atoms with E-state index in [1.807, 2.05) is 0 Å². The smallest absolute Gasteiger partial charge is 0.411 e. The Kier molecular flexibility index (Phi) is 5.35. The average molecular weight is 349 g/mol. The van der Waals surface area contributed by atoms with Crippen LogP contribution < -0.4 is 4.74 Å². The SMILES string of the molecule is CC(=O)c1ccccc1O[C@@H]1C[C@H](C(=O)O)N(C(=O)OC(C)(C)C)C1. The first-order chi connectivity index (χ1) is 11.6. The van der Waals surface area contributed by atoms with E-state index in [9.17, 15) is 19.5 Å². The first-order valence-corrected chi connectivity index (χ1v) is 8.07. The number of benzene rings is 1. The molecule has 1 N–H and O–H groups in total. The van der Waals surface area contributed by atoms with Gasteiger partial charge in [-0.2, -0.15) is 0 Å². The highest BCUT2D eigenvalue weighted by molar-refractivity contribution is 5.96. The highest BCUT2D eigenvalue weighted by Gasteiger charge is 2.42. The van der Waals surface area contributed by atoms with Gasteiger partial charge in [0.25, 0.3) is 0 Å². The number of hydrogen-bond donors (Lipinski definition) is 1. The number of para-hydroxylation sites is 1. The number of carboxylic acids is 1. The molecule has 0 aliphatic carbocycles. The van der Waals surface area contributed by atoms with E-state index in [4.69, 9.17) is 9.47 Å². The van der Waals surface area contributed by atoms with Crippen molar-refractivity contribution < 1.29 is 29.0 Å². The summed E-state index contributed by atoms with van der Waals surface area (Å²) in [5.74, 6) is -0.876. The van der Waals surface area contributed by atoms with Crippen molar-refractivity contribution in [3.8, 4) is 5.75 Å². The number of hydrogen-bond acceptors (Lipinski definition) is 5. The molecule has 25 heavy (non-hydrogen) atoms. The summed E-state index contributed by atoms with van der Waals surface area (Å²) in [6.45, 7) is 6.66. The standard InChI is InChI=1S/C18H23NO6/c1-11(20)13-7-5-6-8-15(13)24-12-9-14(16(21)22)19(10-12)17(23)25-18(2,3)4/h5-8,12,14H,9-10H2,1-4H3,(H,21,22)/t12-,14-/m1/s1. The Hall–Kier alpha value is -2.57. The van der Waals surface area contributed by atoms with Crippen LogP contribution >= 0.6 is 0 Å². The topological polar surface area (TPSA) is 93.1 Å². The van der Waals surface area contributed by atoms with E-state index in [1.54, 1.807) is 45.0 Å². The van der Waals surface area contributed by atoms with Gasteiger partial charge in [0, 0.05) is 6.42 Å². The Bertz CT molecular complexity index is 678. The summed E-state index contributed by atoms with van der Waals surface area (Å²) >= 11 is 0.